The third-order valence-electron chi connectivity index (χ3n) is 7.54. The first-order valence-electron chi connectivity index (χ1n) is 13.5. The summed E-state index contributed by atoms with van der Waals surface area (Å²) >= 11 is 7.14. The number of halogens is 2. The van der Waals surface area contributed by atoms with Gasteiger partial charge in [-0.15, -0.1) is 0 Å². The van der Waals surface area contributed by atoms with Crippen molar-refractivity contribution in [3.8, 4) is 23.0 Å². The van der Waals surface area contributed by atoms with Crippen LogP contribution in [0.25, 0.3) is 0 Å². The average Bonchev–Trinajstić information content (AvgIpc) is 3.32. The van der Waals surface area contributed by atoms with Crippen molar-refractivity contribution in [1.29, 1.82) is 0 Å². The third-order valence-corrected chi connectivity index (χ3v) is 9.89. The molecule has 7 rings (SSSR count). The lowest BCUT2D eigenvalue weighted by Crippen LogP contribution is -2.33. The van der Waals surface area contributed by atoms with E-state index in [0.29, 0.717) is 49.4 Å². The van der Waals surface area contributed by atoms with Gasteiger partial charge in [0.05, 0.1) is 16.7 Å². The predicted molar refractivity (Wildman–Crippen MR) is 168 cm³/mol. The minimum absolute atomic E-state index is 0.237. The zero-order chi connectivity index (χ0) is 30.6. The van der Waals surface area contributed by atoms with E-state index in [1.807, 2.05) is 25.1 Å². The van der Waals surface area contributed by atoms with Gasteiger partial charge in [0.15, 0.2) is 5.60 Å². The summed E-state index contributed by atoms with van der Waals surface area (Å²) in [5.41, 5.74) is 2.34. The van der Waals surface area contributed by atoms with Gasteiger partial charge in [0.2, 0.25) is 0 Å². The van der Waals surface area contributed by atoms with Gasteiger partial charge in [0.1, 0.15) is 23.0 Å². The highest BCUT2D eigenvalue weighted by Gasteiger charge is 2.54. The second kappa shape index (κ2) is 10.8. The summed E-state index contributed by atoms with van der Waals surface area (Å²) in [5, 5.41) is 0. The van der Waals surface area contributed by atoms with Gasteiger partial charge in [-0.3, -0.25) is 0 Å². The zero-order valence-electron chi connectivity index (χ0n) is 22.9. The van der Waals surface area contributed by atoms with E-state index in [2.05, 4.69) is 31.9 Å². The Labute approximate surface area is 268 Å². The maximum Gasteiger partial charge on any atom is 0.343 e. The first-order chi connectivity index (χ1) is 21.3. The molecule has 216 valence electrons. The van der Waals surface area contributed by atoms with Gasteiger partial charge < -0.3 is 18.9 Å². The van der Waals surface area contributed by atoms with Crippen molar-refractivity contribution in [3.63, 3.8) is 0 Å². The van der Waals surface area contributed by atoms with Crippen molar-refractivity contribution < 1.29 is 33.3 Å². The first kappa shape index (κ1) is 28.1. The minimum Gasteiger partial charge on any atom is -0.456 e. The molecule has 0 radical (unpaired) electrons. The fraction of sp³-hybridized carbons (Fsp3) is 0.0571. The van der Waals surface area contributed by atoms with E-state index < -0.39 is 23.5 Å². The topological polar surface area (TPSA) is 88.1 Å². The molecule has 0 amide bonds. The van der Waals surface area contributed by atoms with Gasteiger partial charge in [-0.1, -0.05) is 36.4 Å². The Morgan fingerprint density at radius 3 is 1.66 bits per heavy atom. The molecule has 5 aromatic carbocycles. The molecule has 0 bridgehead atoms. The summed E-state index contributed by atoms with van der Waals surface area (Å²) in [4.78, 5) is 39.2. The molecule has 0 aromatic heterocycles. The summed E-state index contributed by atoms with van der Waals surface area (Å²) in [6, 6.07) is 29.1. The number of hydrogen-bond donors (Lipinski definition) is 0. The van der Waals surface area contributed by atoms with Gasteiger partial charge >= 0.3 is 17.9 Å². The molecule has 2 aliphatic heterocycles. The number of fused-ring (bicyclic) bond motifs is 6. The summed E-state index contributed by atoms with van der Waals surface area (Å²) in [5.74, 6) is -0.506. The minimum atomic E-state index is -1.40. The molecule has 9 heteroatoms. The Balaban J connectivity index is 1.36. The van der Waals surface area contributed by atoms with Crippen LogP contribution in [0, 0.1) is 6.92 Å². The SMILES string of the molecule is Cc1cc2c(c(Br)c1Br)C(=O)OC21c2ccc(OC(=O)c3ccccc3)cc2Oc2cc(OC(=O)c3ccccc3)ccc21. The summed E-state index contributed by atoms with van der Waals surface area (Å²) < 4.78 is 25.3. The summed E-state index contributed by atoms with van der Waals surface area (Å²) in [6.07, 6.45) is 0. The molecule has 5 aromatic rings. The molecule has 7 nitrogen and oxygen atoms in total. The highest BCUT2D eigenvalue weighted by atomic mass is 79.9. The van der Waals surface area contributed by atoms with Crippen molar-refractivity contribution >= 4 is 49.8 Å². The second-order valence-corrected chi connectivity index (χ2v) is 11.8. The molecule has 0 fully saturated rings. The van der Waals surface area contributed by atoms with E-state index in [-0.39, 0.29) is 11.5 Å². The predicted octanol–water partition coefficient (Wildman–Crippen LogP) is 8.53. The average molecular weight is 712 g/mol. The van der Waals surface area contributed by atoms with Gasteiger partial charge in [-0.2, -0.15) is 0 Å². The number of rotatable bonds is 4. The fourth-order valence-corrected chi connectivity index (χ4v) is 6.50. The summed E-state index contributed by atoms with van der Waals surface area (Å²) in [6.45, 7) is 1.92. The van der Waals surface area contributed by atoms with Gasteiger partial charge in [-0.25, -0.2) is 14.4 Å². The smallest absolute Gasteiger partial charge is 0.343 e. The molecule has 44 heavy (non-hydrogen) atoms. The highest BCUT2D eigenvalue weighted by Crippen LogP contribution is 2.58. The normalized spacial score (nSPS) is 13.7. The van der Waals surface area contributed by atoms with E-state index in [0.717, 1.165) is 10.0 Å². The zero-order valence-corrected chi connectivity index (χ0v) is 26.1. The van der Waals surface area contributed by atoms with Crippen LogP contribution in [0.3, 0.4) is 0 Å². The molecule has 2 heterocycles. The largest absolute Gasteiger partial charge is 0.456 e. The Hall–Kier alpha value is -4.73. The van der Waals surface area contributed by atoms with Crippen LogP contribution in [0.5, 0.6) is 23.0 Å². The van der Waals surface area contributed by atoms with Crippen LogP contribution in [0.4, 0.5) is 0 Å². The lowest BCUT2D eigenvalue weighted by atomic mass is 9.77. The Bertz CT molecular complexity index is 1900. The van der Waals surface area contributed by atoms with Crippen LogP contribution in [0.1, 0.15) is 53.3 Å². The molecule has 0 saturated carbocycles. The Kier molecular flexibility index (Phi) is 6.87. The molecule has 0 saturated heterocycles. The number of esters is 3. The van der Waals surface area contributed by atoms with Crippen LogP contribution < -0.4 is 14.2 Å². The first-order valence-corrected chi connectivity index (χ1v) is 15.1. The number of carbonyl (C=O) groups is 3. The monoisotopic (exact) mass is 710 g/mol. The van der Waals surface area contributed by atoms with Crippen molar-refractivity contribution in [3.05, 3.63) is 151 Å². The number of hydrogen-bond acceptors (Lipinski definition) is 7. The van der Waals surface area contributed by atoms with E-state index in [9.17, 15) is 14.4 Å². The number of benzene rings is 5. The van der Waals surface area contributed by atoms with Crippen LogP contribution in [0.2, 0.25) is 0 Å². The second-order valence-electron chi connectivity index (χ2n) is 10.2. The fourth-order valence-electron chi connectivity index (χ4n) is 5.50. The van der Waals surface area contributed by atoms with Gasteiger partial charge in [0.25, 0.3) is 0 Å². The van der Waals surface area contributed by atoms with Crippen LogP contribution >= 0.6 is 31.9 Å². The molecule has 0 aliphatic carbocycles. The molecular formula is C35H20Br2O7. The molecule has 0 atom stereocenters. The molecule has 0 unspecified atom stereocenters. The van der Waals surface area contributed by atoms with E-state index in [1.165, 1.54) is 0 Å². The van der Waals surface area contributed by atoms with Crippen LogP contribution in [-0.4, -0.2) is 17.9 Å². The Morgan fingerprint density at radius 1 is 0.659 bits per heavy atom. The van der Waals surface area contributed by atoms with Crippen LogP contribution in [-0.2, 0) is 10.3 Å². The van der Waals surface area contributed by atoms with Crippen LogP contribution in [0.15, 0.2) is 112 Å². The molecule has 1 spiro atoms. The quantitative estimate of drug-likeness (QED) is 0.136. The Morgan fingerprint density at radius 2 is 1.16 bits per heavy atom. The lowest BCUT2D eigenvalue weighted by Gasteiger charge is -2.36. The highest BCUT2D eigenvalue weighted by molar-refractivity contribution is 9.13. The molecule has 0 N–H and O–H groups in total. The van der Waals surface area contributed by atoms with Crippen molar-refractivity contribution in [2.45, 2.75) is 12.5 Å². The molecular weight excluding hydrogens is 692 g/mol. The summed E-state index contributed by atoms with van der Waals surface area (Å²) in [7, 11) is 0. The van der Waals surface area contributed by atoms with Crippen molar-refractivity contribution in [2.75, 3.05) is 0 Å². The maximum atomic E-state index is 13.5. The van der Waals surface area contributed by atoms with Gasteiger partial charge in [-0.05, 0) is 98.9 Å². The van der Waals surface area contributed by atoms with Crippen molar-refractivity contribution in [2.24, 2.45) is 0 Å². The number of carbonyl (C=O) groups excluding carboxylic acids is 3. The van der Waals surface area contributed by atoms with Crippen molar-refractivity contribution in [1.82, 2.24) is 0 Å². The standard InChI is InChI=1S/C35H20Br2O7/c1-19-16-26-29(31(37)30(19)36)34(40)44-35(26)24-14-12-22(41-32(38)20-8-4-2-5-9-20)17-27(24)43-28-18-23(13-15-25(28)35)42-33(39)21-10-6-3-7-11-21/h2-18H,1H3. The maximum absolute atomic E-state index is 13.5. The van der Waals surface area contributed by atoms with E-state index in [1.54, 1.807) is 84.9 Å². The third kappa shape index (κ3) is 4.51. The van der Waals surface area contributed by atoms with E-state index >= 15 is 0 Å². The molecule has 2 aliphatic rings. The van der Waals surface area contributed by atoms with Gasteiger partial charge in [0, 0.05) is 37.8 Å². The van der Waals surface area contributed by atoms with E-state index in [4.69, 9.17) is 18.9 Å². The number of ether oxygens (including phenoxy) is 4. The number of aryl methyl sites for hydroxylation is 1. The lowest BCUT2D eigenvalue weighted by molar-refractivity contribution is 0.0223.